The molecule has 0 spiro atoms. The van der Waals surface area contributed by atoms with Crippen LogP contribution in [0.1, 0.15) is 28.0 Å². The predicted octanol–water partition coefficient (Wildman–Crippen LogP) is 7.01. The molecule has 0 aliphatic carbocycles. The number of rotatable bonds is 10. The Balaban J connectivity index is 1.48. The monoisotopic (exact) mass is 551 g/mol. The number of carboxylic acid groups (broad SMARTS) is 1. The lowest BCUT2D eigenvalue weighted by Crippen LogP contribution is -2.26. The molecule has 0 bridgehead atoms. The fraction of sp³-hybridized carbons (Fsp3) is 0.138. The molecule has 194 valence electrons. The third kappa shape index (κ3) is 6.88. The molecule has 4 rings (SSSR count). The topological polar surface area (TPSA) is 91.3 Å². The number of amides is 1. The molecule has 0 aliphatic rings. The fourth-order valence-electron chi connectivity index (χ4n) is 3.91. The van der Waals surface area contributed by atoms with E-state index in [-0.39, 0.29) is 18.7 Å². The van der Waals surface area contributed by atoms with Gasteiger partial charge in [0.2, 0.25) is 0 Å². The van der Waals surface area contributed by atoms with Crippen molar-refractivity contribution in [3.05, 3.63) is 106 Å². The van der Waals surface area contributed by atoms with Crippen LogP contribution in [-0.2, 0) is 18.0 Å². The van der Waals surface area contributed by atoms with Gasteiger partial charge in [0.1, 0.15) is 12.4 Å². The lowest BCUT2D eigenvalue weighted by atomic mass is 10.0. The summed E-state index contributed by atoms with van der Waals surface area (Å²) in [6, 6.07) is 21.8. The van der Waals surface area contributed by atoms with Gasteiger partial charge in [0.05, 0.1) is 11.4 Å². The Labute approximate surface area is 229 Å². The van der Waals surface area contributed by atoms with E-state index >= 15 is 0 Å². The third-order valence-corrected chi connectivity index (χ3v) is 6.40. The number of anilines is 1. The molecule has 0 fully saturated rings. The second kappa shape index (κ2) is 12.5. The molecule has 38 heavy (non-hydrogen) atoms. The Bertz CT molecular complexity index is 1460. The summed E-state index contributed by atoms with van der Waals surface area (Å²) in [6.07, 6.45) is 1.42. The number of carbonyl (C=O) groups is 2. The van der Waals surface area contributed by atoms with Crippen molar-refractivity contribution in [2.75, 3.05) is 11.9 Å². The number of carbonyl (C=O) groups excluding carboxylic acids is 1. The summed E-state index contributed by atoms with van der Waals surface area (Å²) in [7, 11) is 0. The van der Waals surface area contributed by atoms with Gasteiger partial charge in [-0.15, -0.1) is 0 Å². The van der Waals surface area contributed by atoms with E-state index in [9.17, 15) is 14.0 Å². The number of aliphatic carboxylic acids is 1. The predicted molar refractivity (Wildman–Crippen MR) is 148 cm³/mol. The Hall–Kier alpha value is -3.94. The smallest absolute Gasteiger partial charge is 0.305 e. The highest BCUT2D eigenvalue weighted by molar-refractivity contribution is 6.33. The lowest BCUT2D eigenvalue weighted by Gasteiger charge is -2.14. The minimum atomic E-state index is -0.989. The maximum absolute atomic E-state index is 13.1. The zero-order chi connectivity index (χ0) is 27.1. The van der Waals surface area contributed by atoms with Gasteiger partial charge in [0.15, 0.2) is 0 Å². The summed E-state index contributed by atoms with van der Waals surface area (Å²) < 4.78 is 13.1. The van der Waals surface area contributed by atoms with Crippen LogP contribution in [0.3, 0.4) is 0 Å². The van der Waals surface area contributed by atoms with E-state index in [1.165, 1.54) is 0 Å². The first-order valence-electron chi connectivity index (χ1n) is 11.8. The molecular formula is C29H24Cl2FN3O3. The minimum absolute atomic E-state index is 0.0245. The van der Waals surface area contributed by atoms with Crippen molar-refractivity contribution in [1.82, 2.24) is 10.3 Å². The first-order valence-corrected chi connectivity index (χ1v) is 12.5. The zero-order valence-corrected chi connectivity index (χ0v) is 21.7. The van der Waals surface area contributed by atoms with Crippen LogP contribution in [0.2, 0.25) is 10.0 Å². The Morgan fingerprint density at radius 2 is 1.76 bits per heavy atom. The van der Waals surface area contributed by atoms with Crippen LogP contribution in [-0.4, -0.2) is 28.5 Å². The van der Waals surface area contributed by atoms with Gasteiger partial charge in [-0.3, -0.25) is 14.6 Å². The van der Waals surface area contributed by atoms with Crippen LogP contribution >= 0.6 is 23.2 Å². The fourth-order valence-corrected chi connectivity index (χ4v) is 4.37. The number of carboxylic acids is 1. The van der Waals surface area contributed by atoms with Gasteiger partial charge in [-0.05, 0) is 58.7 Å². The number of hydrogen-bond acceptors (Lipinski definition) is 4. The molecule has 3 aromatic carbocycles. The van der Waals surface area contributed by atoms with E-state index in [1.807, 2.05) is 42.5 Å². The molecule has 0 saturated carbocycles. The first kappa shape index (κ1) is 27.1. The maximum atomic E-state index is 13.1. The van der Waals surface area contributed by atoms with E-state index in [0.29, 0.717) is 22.2 Å². The van der Waals surface area contributed by atoms with Crippen LogP contribution < -0.4 is 10.6 Å². The third-order valence-electron chi connectivity index (χ3n) is 5.85. The van der Waals surface area contributed by atoms with Gasteiger partial charge < -0.3 is 15.7 Å². The number of hydrogen-bond donors (Lipinski definition) is 3. The average molecular weight is 552 g/mol. The molecule has 0 atom stereocenters. The summed E-state index contributed by atoms with van der Waals surface area (Å²) >= 11 is 12.8. The highest BCUT2D eigenvalue weighted by Crippen LogP contribution is 2.32. The molecule has 1 aromatic heterocycles. The van der Waals surface area contributed by atoms with Gasteiger partial charge >= 0.3 is 5.97 Å². The summed E-state index contributed by atoms with van der Waals surface area (Å²) in [5.41, 5.74) is 5.83. The van der Waals surface area contributed by atoms with Crippen LogP contribution in [0.4, 0.5) is 10.1 Å². The van der Waals surface area contributed by atoms with E-state index in [2.05, 4.69) is 15.6 Å². The number of benzene rings is 3. The molecule has 0 radical (unpaired) electrons. The number of alkyl halides is 1. The van der Waals surface area contributed by atoms with E-state index < -0.39 is 18.6 Å². The van der Waals surface area contributed by atoms with Crippen molar-refractivity contribution in [3.63, 3.8) is 0 Å². The van der Waals surface area contributed by atoms with Gasteiger partial charge in [-0.1, -0.05) is 59.6 Å². The molecule has 0 unspecified atom stereocenters. The quantitative estimate of drug-likeness (QED) is 0.197. The van der Waals surface area contributed by atoms with Crippen molar-refractivity contribution in [2.45, 2.75) is 19.6 Å². The van der Waals surface area contributed by atoms with Crippen molar-refractivity contribution in [3.8, 4) is 22.3 Å². The molecule has 3 N–H and O–H groups in total. The van der Waals surface area contributed by atoms with Crippen LogP contribution in [0, 0.1) is 0 Å². The lowest BCUT2D eigenvalue weighted by molar-refractivity contribution is -0.136. The molecule has 1 heterocycles. The highest BCUT2D eigenvalue weighted by atomic mass is 35.5. The molecule has 0 saturated heterocycles. The van der Waals surface area contributed by atoms with E-state index in [1.54, 1.807) is 36.5 Å². The van der Waals surface area contributed by atoms with Crippen LogP contribution in [0.25, 0.3) is 22.3 Å². The van der Waals surface area contributed by atoms with Crippen molar-refractivity contribution in [2.24, 2.45) is 0 Å². The molecule has 1 amide bonds. The average Bonchev–Trinajstić information content (AvgIpc) is 2.92. The standard InChI is InChI=1S/C29H24Cl2FN3O3/c30-22-6-4-20(25(13-22)21-5-9-27(35-17-21)29(38)33-11-10-28(36)37)16-34-23-7-8-24(26(31)14-23)19-3-1-2-18(12-19)15-32/h1-9,12-14,17,34H,10-11,15-16H2,(H,33,38)(H,36,37). The van der Waals surface area contributed by atoms with E-state index in [0.717, 1.165) is 33.5 Å². The molecule has 6 nitrogen and oxygen atoms in total. The summed E-state index contributed by atoms with van der Waals surface area (Å²) in [5, 5.41) is 15.7. The highest BCUT2D eigenvalue weighted by Gasteiger charge is 2.12. The minimum Gasteiger partial charge on any atom is -0.481 e. The second-order valence-corrected chi connectivity index (χ2v) is 9.36. The molecule has 0 aliphatic heterocycles. The van der Waals surface area contributed by atoms with Gasteiger partial charge in [-0.25, -0.2) is 4.39 Å². The van der Waals surface area contributed by atoms with Crippen molar-refractivity contribution >= 4 is 40.8 Å². The Morgan fingerprint density at radius 1 is 0.921 bits per heavy atom. The van der Waals surface area contributed by atoms with Crippen molar-refractivity contribution < 1.29 is 19.1 Å². The number of nitrogens with one attached hydrogen (secondary N) is 2. The van der Waals surface area contributed by atoms with Crippen LogP contribution in [0.5, 0.6) is 0 Å². The van der Waals surface area contributed by atoms with Gasteiger partial charge in [0, 0.05) is 41.1 Å². The van der Waals surface area contributed by atoms with Crippen molar-refractivity contribution in [1.29, 1.82) is 0 Å². The second-order valence-electron chi connectivity index (χ2n) is 8.52. The van der Waals surface area contributed by atoms with Gasteiger partial charge in [-0.2, -0.15) is 0 Å². The number of pyridine rings is 1. The summed E-state index contributed by atoms with van der Waals surface area (Å²) in [6.45, 7) is -0.0413. The SMILES string of the molecule is O=C(O)CCNC(=O)c1ccc(-c2cc(Cl)ccc2CNc2ccc(-c3cccc(CF)c3)c(Cl)c2)cn1. The summed E-state index contributed by atoms with van der Waals surface area (Å²) in [5.74, 6) is -1.43. The molecule has 4 aromatic rings. The number of aromatic nitrogens is 1. The summed E-state index contributed by atoms with van der Waals surface area (Å²) in [4.78, 5) is 27.1. The Kier molecular flexibility index (Phi) is 8.94. The van der Waals surface area contributed by atoms with E-state index in [4.69, 9.17) is 28.3 Å². The zero-order valence-electron chi connectivity index (χ0n) is 20.2. The maximum Gasteiger partial charge on any atom is 0.305 e. The van der Waals surface area contributed by atoms with Gasteiger partial charge in [0.25, 0.3) is 5.91 Å². The number of halogens is 3. The molecular weight excluding hydrogens is 528 g/mol. The Morgan fingerprint density at radius 3 is 2.47 bits per heavy atom. The molecule has 9 heteroatoms. The normalized spacial score (nSPS) is 10.7. The largest absolute Gasteiger partial charge is 0.481 e. The van der Waals surface area contributed by atoms with Crippen LogP contribution in [0.15, 0.2) is 79.0 Å². The first-order chi connectivity index (χ1) is 18.3. The number of nitrogens with zero attached hydrogens (tertiary/aromatic N) is 1.